The SMILES string of the molecule is COC(=O)C1CCN(C(=O)/C=C/c2nc3ccccc3o2)CC1. The summed E-state index contributed by atoms with van der Waals surface area (Å²) in [5.41, 5.74) is 1.46. The first kappa shape index (κ1) is 15.3. The Morgan fingerprint density at radius 2 is 2.04 bits per heavy atom. The average Bonchev–Trinajstić information content (AvgIpc) is 3.02. The number of ether oxygens (including phenoxy) is 1. The van der Waals surface area contributed by atoms with Gasteiger partial charge >= 0.3 is 5.97 Å². The van der Waals surface area contributed by atoms with Crippen molar-refractivity contribution < 1.29 is 18.7 Å². The number of piperidine rings is 1. The summed E-state index contributed by atoms with van der Waals surface area (Å²) < 4.78 is 10.3. The first-order valence-corrected chi connectivity index (χ1v) is 7.58. The predicted molar refractivity (Wildman–Crippen MR) is 84.4 cm³/mol. The minimum absolute atomic E-state index is 0.101. The Morgan fingerprint density at radius 1 is 1.30 bits per heavy atom. The molecule has 1 fully saturated rings. The van der Waals surface area contributed by atoms with Crippen LogP contribution in [-0.2, 0) is 14.3 Å². The van der Waals surface area contributed by atoms with Gasteiger partial charge in [-0.3, -0.25) is 9.59 Å². The van der Waals surface area contributed by atoms with Gasteiger partial charge in [0, 0.05) is 25.2 Å². The van der Waals surface area contributed by atoms with Gasteiger partial charge in [0.25, 0.3) is 0 Å². The van der Waals surface area contributed by atoms with Gasteiger partial charge in [0.15, 0.2) is 5.58 Å². The van der Waals surface area contributed by atoms with Crippen LogP contribution in [0.1, 0.15) is 18.7 Å². The first-order valence-electron chi connectivity index (χ1n) is 7.58. The molecule has 1 amide bonds. The number of nitrogens with zero attached hydrogens (tertiary/aromatic N) is 2. The van der Waals surface area contributed by atoms with E-state index in [2.05, 4.69) is 4.98 Å². The van der Waals surface area contributed by atoms with Gasteiger partial charge in [-0.15, -0.1) is 0 Å². The maximum Gasteiger partial charge on any atom is 0.308 e. The largest absolute Gasteiger partial charge is 0.469 e. The highest BCUT2D eigenvalue weighted by atomic mass is 16.5. The average molecular weight is 314 g/mol. The number of hydrogen-bond acceptors (Lipinski definition) is 5. The van der Waals surface area contributed by atoms with E-state index in [4.69, 9.17) is 9.15 Å². The molecule has 0 aliphatic carbocycles. The highest BCUT2D eigenvalue weighted by molar-refractivity contribution is 5.91. The van der Waals surface area contributed by atoms with E-state index in [1.165, 1.54) is 13.2 Å². The molecule has 23 heavy (non-hydrogen) atoms. The number of hydrogen-bond donors (Lipinski definition) is 0. The molecule has 1 aromatic heterocycles. The van der Waals surface area contributed by atoms with Crippen molar-refractivity contribution in [1.82, 2.24) is 9.88 Å². The Morgan fingerprint density at radius 3 is 2.74 bits per heavy atom. The summed E-state index contributed by atoms with van der Waals surface area (Å²) >= 11 is 0. The van der Waals surface area contributed by atoms with Crippen molar-refractivity contribution in [2.75, 3.05) is 20.2 Å². The summed E-state index contributed by atoms with van der Waals surface area (Å²) in [6.45, 7) is 1.10. The van der Waals surface area contributed by atoms with Gasteiger partial charge in [-0.1, -0.05) is 12.1 Å². The van der Waals surface area contributed by atoms with Crippen LogP contribution in [0.3, 0.4) is 0 Å². The molecule has 2 aromatic rings. The first-order chi connectivity index (χ1) is 11.2. The molecule has 0 radical (unpaired) electrons. The minimum atomic E-state index is -0.195. The van der Waals surface area contributed by atoms with E-state index >= 15 is 0 Å². The Labute approximate surface area is 133 Å². The van der Waals surface area contributed by atoms with E-state index in [-0.39, 0.29) is 17.8 Å². The zero-order chi connectivity index (χ0) is 16.2. The van der Waals surface area contributed by atoms with E-state index in [1.807, 2.05) is 24.3 Å². The molecular weight excluding hydrogens is 296 g/mol. The number of carbonyl (C=O) groups excluding carboxylic acids is 2. The third-order valence-corrected chi connectivity index (χ3v) is 4.02. The van der Waals surface area contributed by atoms with E-state index in [0.717, 1.165) is 5.52 Å². The molecule has 1 aliphatic rings. The van der Waals surface area contributed by atoms with Crippen molar-refractivity contribution in [3.63, 3.8) is 0 Å². The molecule has 120 valence electrons. The van der Waals surface area contributed by atoms with Gasteiger partial charge in [0.2, 0.25) is 11.8 Å². The molecule has 0 N–H and O–H groups in total. The molecule has 0 unspecified atom stereocenters. The second-order valence-electron chi connectivity index (χ2n) is 5.48. The topological polar surface area (TPSA) is 72.6 Å². The van der Waals surface area contributed by atoms with Crippen LogP contribution >= 0.6 is 0 Å². The predicted octanol–water partition coefficient (Wildman–Crippen LogP) is 2.25. The maximum atomic E-state index is 12.2. The van der Waals surface area contributed by atoms with Crippen LogP contribution in [0.5, 0.6) is 0 Å². The van der Waals surface area contributed by atoms with E-state index in [0.29, 0.717) is 37.4 Å². The van der Waals surface area contributed by atoms with Crippen molar-refractivity contribution in [2.45, 2.75) is 12.8 Å². The fraction of sp³-hybridized carbons (Fsp3) is 0.353. The molecular formula is C17H18N2O4. The molecule has 1 aliphatic heterocycles. The molecule has 0 spiro atoms. The van der Waals surface area contributed by atoms with Crippen LogP contribution in [0.2, 0.25) is 0 Å². The van der Waals surface area contributed by atoms with Gasteiger partial charge in [-0.2, -0.15) is 0 Å². The molecule has 2 heterocycles. The monoisotopic (exact) mass is 314 g/mol. The summed E-state index contributed by atoms with van der Waals surface area (Å²) in [7, 11) is 1.39. The number of para-hydroxylation sites is 2. The second-order valence-corrected chi connectivity index (χ2v) is 5.48. The highest BCUT2D eigenvalue weighted by Gasteiger charge is 2.27. The Hall–Kier alpha value is -2.63. The zero-order valence-electron chi connectivity index (χ0n) is 12.9. The number of carbonyl (C=O) groups is 2. The maximum absolute atomic E-state index is 12.2. The van der Waals surface area contributed by atoms with Crippen LogP contribution in [-0.4, -0.2) is 42.0 Å². The smallest absolute Gasteiger partial charge is 0.308 e. The third-order valence-electron chi connectivity index (χ3n) is 4.02. The number of rotatable bonds is 3. The minimum Gasteiger partial charge on any atom is -0.469 e. The standard InChI is InChI=1S/C17H18N2O4/c1-22-17(21)12-8-10-19(11-9-12)16(20)7-6-15-18-13-4-2-3-5-14(13)23-15/h2-7,12H,8-11H2,1H3/b7-6+. The summed E-state index contributed by atoms with van der Waals surface area (Å²) in [5.74, 6) is 0.00348. The van der Waals surface area contributed by atoms with Gasteiger partial charge in [-0.25, -0.2) is 4.98 Å². The normalized spacial score (nSPS) is 16.1. The number of esters is 1. The highest BCUT2D eigenvalue weighted by Crippen LogP contribution is 2.19. The lowest BCUT2D eigenvalue weighted by Crippen LogP contribution is -2.39. The molecule has 0 bridgehead atoms. The summed E-state index contributed by atoms with van der Waals surface area (Å²) in [6, 6.07) is 7.45. The van der Waals surface area contributed by atoms with Crippen molar-refractivity contribution in [2.24, 2.45) is 5.92 Å². The number of fused-ring (bicyclic) bond motifs is 1. The summed E-state index contributed by atoms with van der Waals surface area (Å²) in [4.78, 5) is 29.7. The van der Waals surface area contributed by atoms with Gasteiger partial charge in [-0.05, 0) is 25.0 Å². The fourth-order valence-electron chi connectivity index (χ4n) is 2.71. The van der Waals surface area contributed by atoms with Gasteiger partial charge in [0.1, 0.15) is 5.52 Å². The van der Waals surface area contributed by atoms with Crippen molar-refractivity contribution in [1.29, 1.82) is 0 Å². The van der Waals surface area contributed by atoms with Crippen LogP contribution in [0, 0.1) is 5.92 Å². The molecule has 0 saturated carbocycles. The number of benzene rings is 1. The molecule has 6 heteroatoms. The van der Waals surface area contributed by atoms with Gasteiger partial charge < -0.3 is 14.1 Å². The Kier molecular flexibility index (Phi) is 4.41. The number of methoxy groups -OCH3 is 1. The summed E-state index contributed by atoms with van der Waals surface area (Å²) in [5, 5.41) is 0. The number of amides is 1. The van der Waals surface area contributed by atoms with E-state index < -0.39 is 0 Å². The molecule has 6 nitrogen and oxygen atoms in total. The third kappa shape index (κ3) is 3.41. The van der Waals surface area contributed by atoms with Crippen LogP contribution in [0.15, 0.2) is 34.8 Å². The van der Waals surface area contributed by atoms with Gasteiger partial charge in [0.05, 0.1) is 13.0 Å². The molecule has 1 aromatic carbocycles. The van der Waals surface area contributed by atoms with Crippen LogP contribution < -0.4 is 0 Å². The lowest BCUT2D eigenvalue weighted by atomic mass is 9.97. The molecule has 1 saturated heterocycles. The Balaban J connectivity index is 1.60. The number of likely N-dealkylation sites (tertiary alicyclic amines) is 1. The fourth-order valence-corrected chi connectivity index (χ4v) is 2.71. The summed E-state index contributed by atoms with van der Waals surface area (Å²) in [6.07, 6.45) is 4.31. The van der Waals surface area contributed by atoms with Crippen molar-refractivity contribution >= 4 is 29.1 Å². The molecule has 3 rings (SSSR count). The molecule has 0 atom stereocenters. The lowest BCUT2D eigenvalue weighted by Gasteiger charge is -2.29. The van der Waals surface area contributed by atoms with E-state index in [1.54, 1.807) is 11.0 Å². The van der Waals surface area contributed by atoms with Crippen LogP contribution in [0.4, 0.5) is 0 Å². The van der Waals surface area contributed by atoms with E-state index in [9.17, 15) is 9.59 Å². The number of aromatic nitrogens is 1. The van der Waals surface area contributed by atoms with Crippen molar-refractivity contribution in [3.05, 3.63) is 36.2 Å². The second kappa shape index (κ2) is 6.64. The quantitative estimate of drug-likeness (QED) is 0.642. The number of oxazole rings is 1. The zero-order valence-corrected chi connectivity index (χ0v) is 12.9. The lowest BCUT2D eigenvalue weighted by molar-refractivity contribution is -0.148. The Bertz CT molecular complexity index is 709. The van der Waals surface area contributed by atoms with Crippen LogP contribution in [0.25, 0.3) is 17.2 Å². The van der Waals surface area contributed by atoms with Crippen molar-refractivity contribution in [3.8, 4) is 0 Å².